The quantitative estimate of drug-likeness (QED) is 0.580. The van der Waals surface area contributed by atoms with Gasteiger partial charge in [-0.05, 0) is 36.5 Å². The maximum absolute atomic E-state index is 5.86. The largest absolute Gasteiger partial charge is 0.0843 e. The zero-order valence-electron chi connectivity index (χ0n) is 9.67. The lowest BCUT2D eigenvalue weighted by Gasteiger charge is -2.11. The van der Waals surface area contributed by atoms with Gasteiger partial charge in [0.25, 0.3) is 0 Å². The molecule has 0 N–H and O–H groups in total. The fourth-order valence-corrected chi connectivity index (χ4v) is 1.88. The van der Waals surface area contributed by atoms with E-state index in [2.05, 4.69) is 32.4 Å². The average molecular weight is 224 g/mol. The van der Waals surface area contributed by atoms with Crippen LogP contribution in [-0.4, -0.2) is 0 Å². The summed E-state index contributed by atoms with van der Waals surface area (Å²) in [5, 5.41) is 0.825. The minimum atomic E-state index is 0.652. The number of halogens is 1. The van der Waals surface area contributed by atoms with E-state index in [1.165, 1.54) is 31.2 Å². The van der Waals surface area contributed by atoms with Gasteiger partial charge in [0.2, 0.25) is 0 Å². The van der Waals surface area contributed by atoms with E-state index < -0.39 is 0 Å². The molecule has 0 nitrogen and oxygen atoms in total. The first-order valence-corrected chi connectivity index (χ1v) is 6.15. The van der Waals surface area contributed by atoms with Crippen LogP contribution in [0.5, 0.6) is 0 Å². The van der Waals surface area contributed by atoms with E-state index >= 15 is 0 Å². The number of rotatable bonds is 6. The summed E-state index contributed by atoms with van der Waals surface area (Å²) < 4.78 is 0. The van der Waals surface area contributed by atoms with E-state index in [1.807, 2.05) is 12.1 Å². The molecule has 1 aromatic carbocycles. The predicted octanol–water partition coefficient (Wildman–Crippen LogP) is 5.23. The minimum Gasteiger partial charge on any atom is -0.0843 e. The molecule has 0 bridgehead atoms. The van der Waals surface area contributed by atoms with Crippen molar-refractivity contribution in [3.8, 4) is 0 Å². The highest BCUT2D eigenvalue weighted by Gasteiger charge is 2.04. The molecule has 0 aromatic heterocycles. The Hall–Kier alpha value is -0.490. The third-order valence-corrected chi connectivity index (χ3v) is 3.07. The van der Waals surface area contributed by atoms with Gasteiger partial charge in [-0.15, -0.1) is 0 Å². The molecule has 0 fully saturated rings. The van der Waals surface area contributed by atoms with E-state index in [1.54, 1.807) is 0 Å². The zero-order valence-corrected chi connectivity index (χ0v) is 10.4. The number of unbranched alkanes of at least 4 members (excludes halogenated alkanes) is 3. The van der Waals surface area contributed by atoms with Crippen LogP contribution in [0.2, 0.25) is 5.02 Å². The lowest BCUT2D eigenvalue weighted by molar-refractivity contribution is 0.602. The minimum absolute atomic E-state index is 0.652. The first kappa shape index (κ1) is 12.6. The van der Waals surface area contributed by atoms with Gasteiger partial charge in [0.05, 0.1) is 0 Å². The Morgan fingerprint density at radius 2 is 1.87 bits per heavy atom. The van der Waals surface area contributed by atoms with Gasteiger partial charge in [-0.3, -0.25) is 0 Å². The number of hydrogen-bond donors (Lipinski definition) is 0. The second kappa shape index (κ2) is 6.90. The van der Waals surface area contributed by atoms with Crippen molar-refractivity contribution >= 4 is 11.6 Å². The zero-order chi connectivity index (χ0) is 11.1. The SMILES string of the molecule is C[CH]CCCCC(C)c1ccc(Cl)cc1. The summed E-state index contributed by atoms with van der Waals surface area (Å²) in [6.07, 6.45) is 7.39. The Morgan fingerprint density at radius 3 is 2.47 bits per heavy atom. The summed E-state index contributed by atoms with van der Waals surface area (Å²) in [5.41, 5.74) is 1.40. The fourth-order valence-electron chi connectivity index (χ4n) is 1.76. The van der Waals surface area contributed by atoms with Crippen LogP contribution in [0.15, 0.2) is 24.3 Å². The van der Waals surface area contributed by atoms with Gasteiger partial charge in [0.1, 0.15) is 0 Å². The number of benzene rings is 1. The molecule has 1 unspecified atom stereocenters. The van der Waals surface area contributed by atoms with E-state index in [-0.39, 0.29) is 0 Å². The van der Waals surface area contributed by atoms with Crippen molar-refractivity contribution in [3.63, 3.8) is 0 Å². The highest BCUT2D eigenvalue weighted by Crippen LogP contribution is 2.23. The summed E-state index contributed by atoms with van der Waals surface area (Å²) in [6, 6.07) is 8.23. The van der Waals surface area contributed by atoms with Gasteiger partial charge in [-0.1, -0.05) is 56.8 Å². The van der Waals surface area contributed by atoms with Gasteiger partial charge in [-0.25, -0.2) is 0 Å². The topological polar surface area (TPSA) is 0 Å². The molecular weight excluding hydrogens is 204 g/mol. The summed E-state index contributed by atoms with van der Waals surface area (Å²) in [7, 11) is 0. The monoisotopic (exact) mass is 223 g/mol. The van der Waals surface area contributed by atoms with Crippen molar-refractivity contribution in [2.45, 2.75) is 45.4 Å². The third kappa shape index (κ3) is 4.70. The van der Waals surface area contributed by atoms with Crippen molar-refractivity contribution in [1.29, 1.82) is 0 Å². The normalized spacial score (nSPS) is 12.7. The lowest BCUT2D eigenvalue weighted by atomic mass is 9.95. The first-order valence-electron chi connectivity index (χ1n) is 5.77. The van der Waals surface area contributed by atoms with Crippen molar-refractivity contribution < 1.29 is 0 Å². The Balaban J connectivity index is 2.33. The maximum atomic E-state index is 5.86. The molecule has 0 aliphatic heterocycles. The van der Waals surface area contributed by atoms with Crippen LogP contribution in [0.3, 0.4) is 0 Å². The lowest BCUT2D eigenvalue weighted by Crippen LogP contribution is -1.93. The highest BCUT2D eigenvalue weighted by molar-refractivity contribution is 6.30. The van der Waals surface area contributed by atoms with Crippen molar-refractivity contribution in [2.75, 3.05) is 0 Å². The Bertz CT molecular complexity index is 263. The van der Waals surface area contributed by atoms with Crippen LogP contribution in [0.4, 0.5) is 0 Å². The van der Waals surface area contributed by atoms with Crippen molar-refractivity contribution in [2.24, 2.45) is 0 Å². The van der Waals surface area contributed by atoms with Crippen LogP contribution in [-0.2, 0) is 0 Å². The molecule has 1 heteroatoms. The fraction of sp³-hybridized carbons (Fsp3) is 0.500. The Labute approximate surface area is 98.7 Å². The third-order valence-electron chi connectivity index (χ3n) is 2.82. The Morgan fingerprint density at radius 1 is 1.20 bits per heavy atom. The predicted molar refractivity (Wildman–Crippen MR) is 68.3 cm³/mol. The van der Waals surface area contributed by atoms with Gasteiger partial charge >= 0.3 is 0 Å². The van der Waals surface area contributed by atoms with Crippen LogP contribution in [0, 0.1) is 6.42 Å². The molecule has 0 spiro atoms. The maximum Gasteiger partial charge on any atom is 0.0406 e. The molecule has 15 heavy (non-hydrogen) atoms. The first-order chi connectivity index (χ1) is 7.24. The van der Waals surface area contributed by atoms with Gasteiger partial charge in [-0.2, -0.15) is 0 Å². The second-order valence-electron chi connectivity index (χ2n) is 4.15. The standard InChI is InChI=1S/C14H20Cl/c1-3-4-5-6-7-12(2)13-8-10-14(15)11-9-13/h3,8-12H,4-7H2,1-2H3. The molecule has 1 radical (unpaired) electrons. The second-order valence-corrected chi connectivity index (χ2v) is 4.58. The van der Waals surface area contributed by atoms with Crippen LogP contribution in [0.1, 0.15) is 51.0 Å². The molecular formula is C14H20Cl. The van der Waals surface area contributed by atoms with Crippen LogP contribution >= 0.6 is 11.6 Å². The van der Waals surface area contributed by atoms with E-state index in [0.29, 0.717) is 5.92 Å². The van der Waals surface area contributed by atoms with E-state index in [4.69, 9.17) is 11.6 Å². The molecule has 0 heterocycles. The van der Waals surface area contributed by atoms with Crippen LogP contribution < -0.4 is 0 Å². The number of hydrogen-bond acceptors (Lipinski definition) is 0. The molecule has 1 atom stereocenters. The molecule has 0 aliphatic carbocycles. The molecule has 0 amide bonds. The molecule has 0 saturated heterocycles. The average Bonchev–Trinajstić information content (AvgIpc) is 2.25. The molecule has 1 aromatic rings. The molecule has 0 aliphatic rings. The van der Waals surface area contributed by atoms with Gasteiger partial charge in [0.15, 0.2) is 0 Å². The van der Waals surface area contributed by atoms with Crippen LogP contribution in [0.25, 0.3) is 0 Å². The summed E-state index contributed by atoms with van der Waals surface area (Å²) in [4.78, 5) is 0. The summed E-state index contributed by atoms with van der Waals surface area (Å²) >= 11 is 5.86. The summed E-state index contributed by atoms with van der Waals surface area (Å²) in [5.74, 6) is 0.652. The smallest absolute Gasteiger partial charge is 0.0406 e. The van der Waals surface area contributed by atoms with Gasteiger partial charge in [0, 0.05) is 5.02 Å². The Kier molecular flexibility index (Phi) is 5.78. The van der Waals surface area contributed by atoms with E-state index in [9.17, 15) is 0 Å². The van der Waals surface area contributed by atoms with Gasteiger partial charge < -0.3 is 0 Å². The molecule has 0 saturated carbocycles. The van der Waals surface area contributed by atoms with E-state index in [0.717, 1.165) is 5.02 Å². The van der Waals surface area contributed by atoms with Crippen molar-refractivity contribution in [3.05, 3.63) is 41.3 Å². The molecule has 83 valence electrons. The van der Waals surface area contributed by atoms with Crippen molar-refractivity contribution in [1.82, 2.24) is 0 Å². The summed E-state index contributed by atoms with van der Waals surface area (Å²) in [6.45, 7) is 4.42. The molecule has 1 rings (SSSR count). The highest BCUT2D eigenvalue weighted by atomic mass is 35.5.